The highest BCUT2D eigenvalue weighted by molar-refractivity contribution is 6.33. The Morgan fingerprint density at radius 2 is 2.04 bits per heavy atom. The zero-order valence-corrected chi connectivity index (χ0v) is 14.6. The highest BCUT2D eigenvalue weighted by atomic mass is 35.5. The van der Waals surface area contributed by atoms with E-state index in [9.17, 15) is 14.7 Å². The number of nitrogens with one attached hydrogen (secondary N) is 1. The van der Waals surface area contributed by atoms with E-state index in [2.05, 4.69) is 5.32 Å². The van der Waals surface area contributed by atoms with Crippen molar-refractivity contribution in [1.82, 2.24) is 10.2 Å². The molecule has 2 N–H and O–H groups in total. The molecule has 0 aromatic heterocycles. The van der Waals surface area contributed by atoms with Gasteiger partial charge in [0.25, 0.3) is 0 Å². The number of likely N-dealkylation sites (tertiary alicyclic amines) is 1. The summed E-state index contributed by atoms with van der Waals surface area (Å²) in [4.78, 5) is 25.2. The van der Waals surface area contributed by atoms with E-state index in [0.717, 1.165) is 5.56 Å². The summed E-state index contributed by atoms with van der Waals surface area (Å²) in [5.41, 5.74) is 0.729. The van der Waals surface area contributed by atoms with E-state index < -0.39 is 11.9 Å². The fourth-order valence-electron chi connectivity index (χ4n) is 2.90. The van der Waals surface area contributed by atoms with Crippen LogP contribution in [0.15, 0.2) is 18.2 Å². The van der Waals surface area contributed by atoms with Crippen molar-refractivity contribution in [3.05, 3.63) is 33.8 Å². The predicted octanol–water partition coefficient (Wildman–Crippen LogP) is 3.81. The maximum atomic E-state index is 12.4. The lowest BCUT2D eigenvalue weighted by atomic mass is 9.91. The second-order valence-electron chi connectivity index (χ2n) is 6.12. The molecule has 1 aromatic carbocycles. The number of carboxylic acid groups (broad SMARTS) is 1. The molecule has 0 saturated carbocycles. The van der Waals surface area contributed by atoms with Gasteiger partial charge in [-0.1, -0.05) is 30.1 Å². The molecule has 1 heterocycles. The molecule has 5 nitrogen and oxygen atoms in total. The van der Waals surface area contributed by atoms with Gasteiger partial charge in [-0.05, 0) is 43.0 Å². The van der Waals surface area contributed by atoms with Gasteiger partial charge in [-0.2, -0.15) is 0 Å². The van der Waals surface area contributed by atoms with Crippen molar-refractivity contribution < 1.29 is 14.7 Å². The molecule has 2 amide bonds. The number of carboxylic acids is 1. The third-order valence-corrected chi connectivity index (χ3v) is 4.64. The standard InChI is InChI=1S/C16H20Cl2N2O3/c1-9-5-11(15(21)22)8-20(7-9)16(23)19-10(2)13-6-12(17)3-4-14(13)18/h3-4,6,9-11H,5,7-8H2,1-2H3,(H,19,23)(H,21,22). The molecule has 1 fully saturated rings. The number of hydrogen-bond acceptors (Lipinski definition) is 2. The Labute approximate surface area is 145 Å². The summed E-state index contributed by atoms with van der Waals surface area (Å²) in [6.07, 6.45) is 0.592. The summed E-state index contributed by atoms with van der Waals surface area (Å²) < 4.78 is 0. The summed E-state index contributed by atoms with van der Waals surface area (Å²) in [6, 6.07) is 4.48. The van der Waals surface area contributed by atoms with Gasteiger partial charge in [-0.3, -0.25) is 4.79 Å². The molecule has 0 aliphatic carbocycles. The van der Waals surface area contributed by atoms with E-state index in [-0.39, 0.29) is 24.5 Å². The number of aliphatic carboxylic acids is 1. The van der Waals surface area contributed by atoms with Gasteiger partial charge in [0.2, 0.25) is 0 Å². The summed E-state index contributed by atoms with van der Waals surface area (Å²) in [6.45, 7) is 4.54. The van der Waals surface area contributed by atoms with Crippen molar-refractivity contribution >= 4 is 35.2 Å². The molecule has 7 heteroatoms. The Balaban J connectivity index is 2.05. The van der Waals surface area contributed by atoms with Gasteiger partial charge < -0.3 is 15.3 Å². The molecule has 1 saturated heterocycles. The number of amides is 2. The first kappa shape index (κ1) is 17.9. The van der Waals surface area contributed by atoms with E-state index in [0.29, 0.717) is 23.0 Å². The number of carbonyl (C=O) groups excluding carboxylic acids is 1. The zero-order chi connectivity index (χ0) is 17.1. The van der Waals surface area contributed by atoms with Crippen molar-refractivity contribution in [2.24, 2.45) is 11.8 Å². The Bertz CT molecular complexity index is 609. The van der Waals surface area contributed by atoms with Crippen LogP contribution in [-0.2, 0) is 4.79 Å². The Morgan fingerprint density at radius 3 is 2.70 bits per heavy atom. The van der Waals surface area contributed by atoms with Gasteiger partial charge in [-0.15, -0.1) is 0 Å². The van der Waals surface area contributed by atoms with Crippen LogP contribution >= 0.6 is 23.2 Å². The fourth-order valence-corrected chi connectivity index (χ4v) is 3.36. The predicted molar refractivity (Wildman–Crippen MR) is 89.9 cm³/mol. The second kappa shape index (κ2) is 7.41. The normalized spacial score (nSPS) is 22.5. The fraction of sp³-hybridized carbons (Fsp3) is 0.500. The van der Waals surface area contributed by atoms with Gasteiger partial charge in [0.1, 0.15) is 0 Å². The SMILES string of the molecule is CC1CC(C(=O)O)CN(C(=O)NC(C)c2cc(Cl)ccc2Cl)C1. The van der Waals surface area contributed by atoms with Crippen molar-refractivity contribution in [2.45, 2.75) is 26.3 Å². The first-order valence-corrected chi connectivity index (χ1v) is 8.26. The smallest absolute Gasteiger partial charge is 0.317 e. The molecule has 23 heavy (non-hydrogen) atoms. The molecule has 1 aliphatic rings. The second-order valence-corrected chi connectivity index (χ2v) is 6.96. The molecule has 126 valence electrons. The third kappa shape index (κ3) is 4.52. The van der Waals surface area contributed by atoms with Crippen molar-refractivity contribution in [3.8, 4) is 0 Å². The number of urea groups is 1. The topological polar surface area (TPSA) is 69.6 Å². The minimum Gasteiger partial charge on any atom is -0.481 e. The van der Waals surface area contributed by atoms with Crippen LogP contribution < -0.4 is 5.32 Å². The van der Waals surface area contributed by atoms with Crippen LogP contribution in [0, 0.1) is 11.8 Å². The van der Waals surface area contributed by atoms with Gasteiger partial charge >= 0.3 is 12.0 Å². The number of halogens is 2. The summed E-state index contributed by atoms with van der Waals surface area (Å²) in [5, 5.41) is 13.1. The molecule has 3 atom stereocenters. The molecule has 2 rings (SSSR count). The quantitative estimate of drug-likeness (QED) is 0.862. The van der Waals surface area contributed by atoms with Gasteiger partial charge in [-0.25, -0.2) is 4.79 Å². The van der Waals surface area contributed by atoms with E-state index in [1.54, 1.807) is 23.1 Å². The summed E-state index contributed by atoms with van der Waals surface area (Å²) in [5.74, 6) is -1.23. The van der Waals surface area contributed by atoms with E-state index >= 15 is 0 Å². The van der Waals surface area contributed by atoms with Crippen molar-refractivity contribution in [2.75, 3.05) is 13.1 Å². The maximum Gasteiger partial charge on any atom is 0.317 e. The monoisotopic (exact) mass is 358 g/mol. The van der Waals surface area contributed by atoms with Crippen molar-refractivity contribution in [3.63, 3.8) is 0 Å². The highest BCUT2D eigenvalue weighted by Gasteiger charge is 2.32. The minimum absolute atomic E-state index is 0.153. The largest absolute Gasteiger partial charge is 0.481 e. The van der Waals surface area contributed by atoms with E-state index in [4.69, 9.17) is 23.2 Å². The average Bonchev–Trinajstić information content (AvgIpc) is 2.48. The lowest BCUT2D eigenvalue weighted by Crippen LogP contribution is -2.49. The maximum absolute atomic E-state index is 12.4. The lowest BCUT2D eigenvalue weighted by molar-refractivity contribution is -0.143. The molecule has 0 spiro atoms. The molecular weight excluding hydrogens is 339 g/mol. The summed E-state index contributed by atoms with van der Waals surface area (Å²) in [7, 11) is 0. The Hall–Kier alpha value is -1.46. The Morgan fingerprint density at radius 1 is 1.35 bits per heavy atom. The molecule has 0 radical (unpaired) electrons. The van der Waals surface area contributed by atoms with Crippen LogP contribution in [0.2, 0.25) is 10.0 Å². The zero-order valence-electron chi connectivity index (χ0n) is 13.1. The third-order valence-electron chi connectivity index (χ3n) is 4.06. The van der Waals surface area contributed by atoms with Gasteiger partial charge in [0.15, 0.2) is 0 Å². The minimum atomic E-state index is -0.861. The molecule has 3 unspecified atom stereocenters. The van der Waals surface area contributed by atoms with E-state index in [1.807, 2.05) is 13.8 Å². The van der Waals surface area contributed by atoms with Crippen LogP contribution in [0.5, 0.6) is 0 Å². The number of carbonyl (C=O) groups is 2. The lowest BCUT2D eigenvalue weighted by Gasteiger charge is -2.35. The van der Waals surface area contributed by atoms with E-state index in [1.165, 1.54) is 0 Å². The number of piperidine rings is 1. The number of hydrogen-bond donors (Lipinski definition) is 2. The van der Waals surface area contributed by atoms with Crippen LogP contribution in [0.25, 0.3) is 0 Å². The molecule has 0 bridgehead atoms. The highest BCUT2D eigenvalue weighted by Crippen LogP contribution is 2.27. The first-order valence-electron chi connectivity index (χ1n) is 7.51. The molecular formula is C16H20Cl2N2O3. The van der Waals surface area contributed by atoms with Crippen LogP contribution in [-0.4, -0.2) is 35.1 Å². The van der Waals surface area contributed by atoms with Gasteiger partial charge in [0, 0.05) is 23.1 Å². The summed E-state index contributed by atoms with van der Waals surface area (Å²) >= 11 is 12.1. The molecule has 1 aromatic rings. The number of benzene rings is 1. The average molecular weight is 359 g/mol. The van der Waals surface area contributed by atoms with Crippen LogP contribution in [0.3, 0.4) is 0 Å². The van der Waals surface area contributed by atoms with Crippen LogP contribution in [0.4, 0.5) is 4.79 Å². The Kier molecular flexibility index (Phi) is 5.76. The van der Waals surface area contributed by atoms with Gasteiger partial charge in [0.05, 0.1) is 12.0 Å². The number of rotatable bonds is 3. The number of nitrogens with zero attached hydrogens (tertiary/aromatic N) is 1. The first-order chi connectivity index (χ1) is 10.8. The molecule has 1 aliphatic heterocycles. The van der Waals surface area contributed by atoms with Crippen LogP contribution in [0.1, 0.15) is 31.9 Å². The van der Waals surface area contributed by atoms with Crippen molar-refractivity contribution in [1.29, 1.82) is 0 Å².